The maximum atomic E-state index is 5.89. The van der Waals surface area contributed by atoms with Crippen molar-refractivity contribution in [3.8, 4) is 11.5 Å². The highest BCUT2D eigenvalue weighted by Crippen LogP contribution is 2.53. The zero-order valence-corrected chi connectivity index (χ0v) is 14.2. The molecule has 3 heteroatoms. The van der Waals surface area contributed by atoms with Crippen LogP contribution in [0.5, 0.6) is 11.5 Å². The monoisotopic (exact) mass is 321 g/mol. The van der Waals surface area contributed by atoms with E-state index in [1.54, 1.807) is 7.11 Å². The Morgan fingerprint density at radius 1 is 1.04 bits per heavy atom. The van der Waals surface area contributed by atoms with E-state index in [-0.39, 0.29) is 6.04 Å². The van der Waals surface area contributed by atoms with Crippen molar-refractivity contribution in [3.63, 3.8) is 0 Å². The maximum absolute atomic E-state index is 5.89. The summed E-state index contributed by atoms with van der Waals surface area (Å²) in [6, 6.07) is 14.9. The molecule has 1 aliphatic heterocycles. The van der Waals surface area contributed by atoms with Gasteiger partial charge in [-0.2, -0.15) is 0 Å². The lowest BCUT2D eigenvalue weighted by molar-refractivity contribution is 0.326. The van der Waals surface area contributed by atoms with Gasteiger partial charge in [-0.1, -0.05) is 42.5 Å². The lowest BCUT2D eigenvalue weighted by Crippen LogP contribution is -2.29. The van der Waals surface area contributed by atoms with E-state index in [0.717, 1.165) is 23.6 Å². The third-order valence-corrected chi connectivity index (χ3v) is 5.13. The van der Waals surface area contributed by atoms with Crippen molar-refractivity contribution in [2.45, 2.75) is 25.3 Å². The zero-order chi connectivity index (χ0) is 16.5. The molecule has 0 radical (unpaired) electrons. The predicted molar refractivity (Wildman–Crippen MR) is 97.0 cm³/mol. The standard InChI is InChI=1S/C21H23NO2/c1-3-24-18-12-5-4-8-17(18)20-15-10-6-9-14(15)16-11-7-13-19(23-2)21(16)22-20/h4-9,11-15,20,22H,3,10H2,1-2H3. The van der Waals surface area contributed by atoms with E-state index in [9.17, 15) is 0 Å². The van der Waals surface area contributed by atoms with Crippen molar-refractivity contribution in [3.05, 3.63) is 65.7 Å². The first-order chi connectivity index (χ1) is 11.8. The fraction of sp³-hybridized carbons (Fsp3) is 0.333. The Hall–Kier alpha value is -2.42. The van der Waals surface area contributed by atoms with Gasteiger partial charge in [-0.05, 0) is 37.0 Å². The summed E-state index contributed by atoms with van der Waals surface area (Å²) in [4.78, 5) is 0. The van der Waals surface area contributed by atoms with Gasteiger partial charge in [0, 0.05) is 11.5 Å². The van der Waals surface area contributed by atoms with E-state index in [1.165, 1.54) is 11.1 Å². The number of hydrogen-bond donors (Lipinski definition) is 1. The second-order valence-electron chi connectivity index (χ2n) is 6.37. The number of hydrogen-bond acceptors (Lipinski definition) is 3. The largest absolute Gasteiger partial charge is 0.495 e. The summed E-state index contributed by atoms with van der Waals surface area (Å²) in [7, 11) is 1.73. The minimum absolute atomic E-state index is 0.219. The van der Waals surface area contributed by atoms with Crippen molar-refractivity contribution in [1.29, 1.82) is 0 Å². The number of anilines is 1. The molecule has 1 heterocycles. The van der Waals surface area contributed by atoms with Gasteiger partial charge in [0.15, 0.2) is 0 Å². The van der Waals surface area contributed by atoms with E-state index >= 15 is 0 Å². The molecule has 2 aromatic carbocycles. The topological polar surface area (TPSA) is 30.5 Å². The normalized spacial score (nSPS) is 24.0. The molecule has 2 aromatic rings. The number of para-hydroxylation sites is 2. The van der Waals surface area contributed by atoms with Crippen LogP contribution in [0.3, 0.4) is 0 Å². The van der Waals surface area contributed by atoms with Crippen molar-refractivity contribution < 1.29 is 9.47 Å². The molecule has 3 nitrogen and oxygen atoms in total. The summed E-state index contributed by atoms with van der Waals surface area (Å²) in [5, 5.41) is 3.76. The number of benzene rings is 2. The van der Waals surface area contributed by atoms with Gasteiger partial charge in [-0.25, -0.2) is 0 Å². The molecule has 1 N–H and O–H groups in total. The predicted octanol–water partition coefficient (Wildman–Crippen LogP) is 4.92. The Kier molecular flexibility index (Phi) is 3.93. The highest BCUT2D eigenvalue weighted by atomic mass is 16.5. The van der Waals surface area contributed by atoms with Gasteiger partial charge in [-0.3, -0.25) is 0 Å². The second-order valence-corrected chi connectivity index (χ2v) is 6.37. The van der Waals surface area contributed by atoms with E-state index in [4.69, 9.17) is 9.47 Å². The zero-order valence-electron chi connectivity index (χ0n) is 14.2. The number of methoxy groups -OCH3 is 1. The number of nitrogens with one attached hydrogen (secondary N) is 1. The van der Waals surface area contributed by atoms with Crippen molar-refractivity contribution >= 4 is 5.69 Å². The lowest BCUT2D eigenvalue weighted by Gasteiger charge is -2.38. The van der Waals surface area contributed by atoms with Gasteiger partial charge < -0.3 is 14.8 Å². The summed E-state index contributed by atoms with van der Waals surface area (Å²) < 4.78 is 11.5. The molecule has 1 aliphatic carbocycles. The van der Waals surface area contributed by atoms with Crippen LogP contribution in [-0.2, 0) is 0 Å². The van der Waals surface area contributed by atoms with Gasteiger partial charge in [0.05, 0.1) is 25.4 Å². The SMILES string of the molecule is CCOc1ccccc1C1Nc2c(OC)cccc2C2C=CCC21. The van der Waals surface area contributed by atoms with Crippen LogP contribution in [0, 0.1) is 5.92 Å². The molecule has 0 amide bonds. The third-order valence-electron chi connectivity index (χ3n) is 5.13. The van der Waals surface area contributed by atoms with Crippen molar-refractivity contribution in [1.82, 2.24) is 0 Å². The molecule has 0 saturated heterocycles. The van der Waals surface area contributed by atoms with Gasteiger partial charge in [0.2, 0.25) is 0 Å². The van der Waals surface area contributed by atoms with Crippen LogP contribution in [0.4, 0.5) is 5.69 Å². The summed E-state index contributed by atoms with van der Waals surface area (Å²) in [6.07, 6.45) is 5.74. The number of rotatable bonds is 4. The van der Waals surface area contributed by atoms with Crippen molar-refractivity contribution in [2.75, 3.05) is 19.0 Å². The molecule has 2 aliphatic rings. The van der Waals surface area contributed by atoms with Gasteiger partial charge >= 0.3 is 0 Å². The molecule has 0 aromatic heterocycles. The summed E-state index contributed by atoms with van der Waals surface area (Å²) in [5.41, 5.74) is 3.68. The van der Waals surface area contributed by atoms with Gasteiger partial charge in [0.25, 0.3) is 0 Å². The number of fused-ring (bicyclic) bond motifs is 3. The average Bonchev–Trinajstić information content (AvgIpc) is 3.11. The van der Waals surface area contributed by atoms with Crippen LogP contribution < -0.4 is 14.8 Å². The quantitative estimate of drug-likeness (QED) is 0.811. The van der Waals surface area contributed by atoms with Crippen LogP contribution in [0.25, 0.3) is 0 Å². The Labute approximate surface area is 143 Å². The highest BCUT2D eigenvalue weighted by molar-refractivity contribution is 5.68. The number of allylic oxidation sites excluding steroid dienone is 2. The Morgan fingerprint density at radius 2 is 1.83 bits per heavy atom. The molecular weight excluding hydrogens is 298 g/mol. The molecule has 3 atom stereocenters. The molecule has 24 heavy (non-hydrogen) atoms. The molecule has 124 valence electrons. The van der Waals surface area contributed by atoms with Gasteiger partial charge in [-0.15, -0.1) is 0 Å². The first-order valence-electron chi connectivity index (χ1n) is 8.65. The molecule has 0 fully saturated rings. The van der Waals surface area contributed by atoms with Crippen molar-refractivity contribution in [2.24, 2.45) is 5.92 Å². The van der Waals surface area contributed by atoms with E-state index in [1.807, 2.05) is 19.1 Å². The molecule has 0 spiro atoms. The van der Waals surface area contributed by atoms with E-state index < -0.39 is 0 Å². The molecule has 0 bridgehead atoms. The lowest BCUT2D eigenvalue weighted by atomic mass is 9.76. The molecule has 4 rings (SSSR count). The van der Waals surface area contributed by atoms with Crippen LogP contribution in [0.1, 0.15) is 36.4 Å². The fourth-order valence-electron chi connectivity index (χ4n) is 4.10. The number of ether oxygens (including phenoxy) is 2. The average molecular weight is 321 g/mol. The minimum atomic E-state index is 0.219. The summed E-state index contributed by atoms with van der Waals surface area (Å²) in [6.45, 7) is 2.71. The maximum Gasteiger partial charge on any atom is 0.142 e. The molecular formula is C21H23NO2. The smallest absolute Gasteiger partial charge is 0.142 e. The van der Waals surface area contributed by atoms with E-state index in [2.05, 4.69) is 47.8 Å². The molecule has 0 saturated carbocycles. The Bertz CT molecular complexity index is 768. The Morgan fingerprint density at radius 3 is 2.67 bits per heavy atom. The minimum Gasteiger partial charge on any atom is -0.495 e. The summed E-state index contributed by atoms with van der Waals surface area (Å²) >= 11 is 0. The van der Waals surface area contributed by atoms with Crippen LogP contribution in [-0.4, -0.2) is 13.7 Å². The van der Waals surface area contributed by atoms with Crippen LogP contribution in [0.15, 0.2) is 54.6 Å². The second kappa shape index (κ2) is 6.23. The highest BCUT2D eigenvalue weighted by Gasteiger charge is 2.39. The van der Waals surface area contributed by atoms with Crippen LogP contribution in [0.2, 0.25) is 0 Å². The first-order valence-corrected chi connectivity index (χ1v) is 8.65. The third kappa shape index (κ3) is 2.35. The fourth-order valence-corrected chi connectivity index (χ4v) is 4.10. The van der Waals surface area contributed by atoms with Crippen LogP contribution >= 0.6 is 0 Å². The molecule has 3 unspecified atom stereocenters. The van der Waals surface area contributed by atoms with E-state index in [0.29, 0.717) is 18.4 Å². The summed E-state index contributed by atoms with van der Waals surface area (Å²) in [5.74, 6) is 2.81. The Balaban J connectivity index is 1.81. The van der Waals surface area contributed by atoms with Gasteiger partial charge in [0.1, 0.15) is 11.5 Å². The first kappa shape index (κ1) is 15.1.